The predicted molar refractivity (Wildman–Crippen MR) is 123 cm³/mol. The third-order valence-electron chi connectivity index (χ3n) is 6.07. The molecule has 5 rings (SSSR count). The topological polar surface area (TPSA) is 100 Å². The average Bonchev–Trinajstić information content (AvgIpc) is 3.48. The highest BCUT2D eigenvalue weighted by molar-refractivity contribution is 5.97. The summed E-state index contributed by atoms with van der Waals surface area (Å²) in [5, 5.41) is 8.62. The standard InChI is InChI=1S/C24H24F3N5O3/c1-14(15-2-4-18(5-3-15)35-24(25,26)27)34-22-21-19(11-30-23(22)28)20(13-33-21)16-10-31-32(12-16)17-6-8-29-9-7-17/h2-5,10-14,17,29H,6-9H2,1H3,(H2,28,30). The van der Waals surface area contributed by atoms with Crippen molar-refractivity contribution in [2.75, 3.05) is 18.8 Å². The van der Waals surface area contributed by atoms with Crippen LogP contribution in [0.25, 0.3) is 22.1 Å². The maximum Gasteiger partial charge on any atom is 0.573 e. The number of rotatable bonds is 6. The van der Waals surface area contributed by atoms with Gasteiger partial charge in [0, 0.05) is 23.5 Å². The largest absolute Gasteiger partial charge is 0.573 e. The van der Waals surface area contributed by atoms with Crippen LogP contribution in [0.4, 0.5) is 19.0 Å². The summed E-state index contributed by atoms with van der Waals surface area (Å²) < 4.78 is 55.1. The van der Waals surface area contributed by atoms with Crippen LogP contribution in [0, 0.1) is 0 Å². The Morgan fingerprint density at radius 1 is 1.17 bits per heavy atom. The van der Waals surface area contributed by atoms with Gasteiger partial charge < -0.3 is 24.9 Å². The molecule has 184 valence electrons. The Labute approximate surface area is 198 Å². The van der Waals surface area contributed by atoms with Gasteiger partial charge in [0.2, 0.25) is 5.75 Å². The Hall–Kier alpha value is -3.73. The number of nitrogens with two attached hydrogens (primary N) is 1. The number of aromatic nitrogens is 3. The van der Waals surface area contributed by atoms with E-state index in [0.717, 1.165) is 42.4 Å². The van der Waals surface area contributed by atoms with E-state index in [9.17, 15) is 13.2 Å². The van der Waals surface area contributed by atoms with Crippen molar-refractivity contribution in [2.24, 2.45) is 0 Å². The van der Waals surface area contributed by atoms with Crippen LogP contribution in [-0.2, 0) is 0 Å². The van der Waals surface area contributed by atoms with Crippen molar-refractivity contribution < 1.29 is 27.1 Å². The number of piperidine rings is 1. The molecule has 3 N–H and O–H groups in total. The Balaban J connectivity index is 1.39. The Bertz CT molecular complexity index is 1310. The summed E-state index contributed by atoms with van der Waals surface area (Å²) in [5.74, 6) is 0.104. The molecule has 1 fully saturated rings. The second-order valence-electron chi connectivity index (χ2n) is 8.43. The van der Waals surface area contributed by atoms with Crippen LogP contribution in [0.5, 0.6) is 11.5 Å². The minimum absolute atomic E-state index is 0.146. The maximum absolute atomic E-state index is 12.4. The third kappa shape index (κ3) is 4.90. The number of nitrogens with one attached hydrogen (secondary N) is 1. The fourth-order valence-electron chi connectivity index (χ4n) is 4.25. The van der Waals surface area contributed by atoms with Crippen LogP contribution in [0.2, 0.25) is 0 Å². The van der Waals surface area contributed by atoms with E-state index in [0.29, 0.717) is 17.2 Å². The number of halogens is 3. The highest BCUT2D eigenvalue weighted by atomic mass is 19.4. The first kappa shape index (κ1) is 23.0. The molecule has 0 aliphatic carbocycles. The van der Waals surface area contributed by atoms with E-state index in [1.54, 1.807) is 25.6 Å². The fraction of sp³-hybridized carbons (Fsp3) is 0.333. The van der Waals surface area contributed by atoms with Gasteiger partial charge in [-0.3, -0.25) is 4.68 Å². The SMILES string of the molecule is CC(Oc1c(N)ncc2c(-c3cnn(C4CCNCC4)c3)coc12)c1ccc(OC(F)(F)F)cc1. The average molecular weight is 487 g/mol. The van der Waals surface area contributed by atoms with E-state index in [4.69, 9.17) is 14.9 Å². The van der Waals surface area contributed by atoms with Gasteiger partial charge in [-0.15, -0.1) is 13.2 Å². The normalized spacial score (nSPS) is 15.9. The molecule has 4 aromatic rings. The summed E-state index contributed by atoms with van der Waals surface area (Å²) in [7, 11) is 0. The number of hydrogen-bond donors (Lipinski definition) is 2. The molecule has 11 heteroatoms. The molecule has 1 aromatic carbocycles. The summed E-state index contributed by atoms with van der Waals surface area (Å²) in [6.07, 6.45) is 3.81. The molecular formula is C24H24F3N5O3. The first-order valence-corrected chi connectivity index (χ1v) is 11.2. The van der Waals surface area contributed by atoms with Crippen LogP contribution in [0.3, 0.4) is 0 Å². The number of nitrogen functional groups attached to an aromatic ring is 1. The molecule has 0 bridgehead atoms. The van der Waals surface area contributed by atoms with Crippen molar-refractivity contribution in [1.82, 2.24) is 20.1 Å². The number of alkyl halides is 3. The van der Waals surface area contributed by atoms with Crippen molar-refractivity contribution in [2.45, 2.75) is 38.3 Å². The molecule has 1 saturated heterocycles. The van der Waals surface area contributed by atoms with Crippen LogP contribution < -0.4 is 20.5 Å². The van der Waals surface area contributed by atoms with Crippen LogP contribution >= 0.6 is 0 Å². The molecule has 4 heterocycles. The van der Waals surface area contributed by atoms with Gasteiger partial charge in [-0.05, 0) is 50.6 Å². The second-order valence-corrected chi connectivity index (χ2v) is 8.43. The minimum Gasteiger partial charge on any atom is -0.479 e. The summed E-state index contributed by atoms with van der Waals surface area (Å²) in [5.41, 5.74) is 8.87. The van der Waals surface area contributed by atoms with Gasteiger partial charge in [-0.2, -0.15) is 5.10 Å². The summed E-state index contributed by atoms with van der Waals surface area (Å²) in [6.45, 7) is 3.69. The van der Waals surface area contributed by atoms with E-state index >= 15 is 0 Å². The molecule has 1 unspecified atom stereocenters. The van der Waals surface area contributed by atoms with Gasteiger partial charge >= 0.3 is 6.36 Å². The summed E-state index contributed by atoms with van der Waals surface area (Å²) in [4.78, 5) is 4.28. The lowest BCUT2D eigenvalue weighted by atomic mass is 10.1. The van der Waals surface area contributed by atoms with Gasteiger partial charge in [-0.1, -0.05) is 12.1 Å². The van der Waals surface area contributed by atoms with Crippen molar-refractivity contribution >= 4 is 16.8 Å². The fourth-order valence-corrected chi connectivity index (χ4v) is 4.25. The van der Waals surface area contributed by atoms with Gasteiger partial charge in [0.15, 0.2) is 11.4 Å². The van der Waals surface area contributed by atoms with Crippen molar-refractivity contribution in [1.29, 1.82) is 0 Å². The quantitative estimate of drug-likeness (QED) is 0.384. The maximum atomic E-state index is 12.4. The number of furan rings is 1. The minimum atomic E-state index is -4.75. The lowest BCUT2D eigenvalue weighted by Crippen LogP contribution is -2.29. The molecular weight excluding hydrogens is 463 g/mol. The van der Waals surface area contributed by atoms with Crippen LogP contribution in [-0.4, -0.2) is 34.2 Å². The molecule has 1 atom stereocenters. The van der Waals surface area contributed by atoms with Crippen molar-refractivity contribution in [3.05, 3.63) is 54.7 Å². The number of benzene rings is 1. The lowest BCUT2D eigenvalue weighted by molar-refractivity contribution is -0.274. The van der Waals surface area contributed by atoms with Crippen molar-refractivity contribution in [3.63, 3.8) is 0 Å². The Morgan fingerprint density at radius 2 is 1.91 bits per heavy atom. The van der Waals surface area contributed by atoms with E-state index in [1.807, 2.05) is 10.9 Å². The van der Waals surface area contributed by atoms with E-state index < -0.39 is 12.5 Å². The smallest absolute Gasteiger partial charge is 0.479 e. The van der Waals surface area contributed by atoms with Crippen LogP contribution in [0.15, 0.2) is 53.5 Å². The highest BCUT2D eigenvalue weighted by Gasteiger charge is 2.31. The van der Waals surface area contributed by atoms with Gasteiger partial charge in [-0.25, -0.2) is 4.98 Å². The van der Waals surface area contributed by atoms with Crippen molar-refractivity contribution in [3.8, 4) is 22.6 Å². The van der Waals surface area contributed by atoms with Gasteiger partial charge in [0.25, 0.3) is 0 Å². The monoisotopic (exact) mass is 487 g/mol. The number of nitrogens with zero attached hydrogens (tertiary/aromatic N) is 3. The zero-order valence-electron chi connectivity index (χ0n) is 18.9. The highest BCUT2D eigenvalue weighted by Crippen LogP contribution is 2.40. The van der Waals surface area contributed by atoms with Gasteiger partial charge in [0.1, 0.15) is 18.1 Å². The number of fused-ring (bicyclic) bond motifs is 1. The molecule has 3 aromatic heterocycles. The van der Waals surface area contributed by atoms with E-state index in [-0.39, 0.29) is 17.3 Å². The van der Waals surface area contributed by atoms with E-state index in [2.05, 4.69) is 20.1 Å². The zero-order valence-corrected chi connectivity index (χ0v) is 18.9. The Morgan fingerprint density at radius 3 is 2.63 bits per heavy atom. The lowest BCUT2D eigenvalue weighted by Gasteiger charge is -2.22. The second kappa shape index (κ2) is 9.14. The molecule has 8 nitrogen and oxygen atoms in total. The Kier molecular flexibility index (Phi) is 6.01. The summed E-state index contributed by atoms with van der Waals surface area (Å²) >= 11 is 0. The molecule has 35 heavy (non-hydrogen) atoms. The molecule has 0 spiro atoms. The van der Waals surface area contributed by atoms with E-state index in [1.165, 1.54) is 24.3 Å². The van der Waals surface area contributed by atoms with Gasteiger partial charge in [0.05, 0.1) is 17.6 Å². The number of ether oxygens (including phenoxy) is 2. The molecule has 1 aliphatic heterocycles. The first-order chi connectivity index (χ1) is 16.8. The third-order valence-corrected chi connectivity index (χ3v) is 6.07. The molecule has 1 aliphatic rings. The number of pyridine rings is 1. The first-order valence-electron chi connectivity index (χ1n) is 11.2. The molecule has 0 radical (unpaired) electrons. The zero-order chi connectivity index (χ0) is 24.6. The predicted octanol–water partition coefficient (Wildman–Crippen LogP) is 5.24. The molecule has 0 saturated carbocycles. The number of hydrogen-bond acceptors (Lipinski definition) is 7. The molecule has 0 amide bonds. The number of anilines is 1. The summed E-state index contributed by atoms with van der Waals surface area (Å²) in [6, 6.07) is 5.81. The van der Waals surface area contributed by atoms with Crippen LogP contribution in [0.1, 0.15) is 37.5 Å².